The Morgan fingerprint density at radius 2 is 1.54 bits per heavy atom. The fourth-order valence-corrected chi connectivity index (χ4v) is 3.88. The van der Waals surface area contributed by atoms with E-state index in [1.54, 1.807) is 0 Å². The van der Waals surface area contributed by atoms with Gasteiger partial charge in [-0.25, -0.2) is 0 Å². The average molecular weight is 379 g/mol. The van der Waals surface area contributed by atoms with Gasteiger partial charge in [0.05, 0.1) is 12.6 Å². The third-order valence-corrected chi connectivity index (χ3v) is 5.49. The number of rotatable bonds is 7. The Kier molecular flexibility index (Phi) is 7.24. The van der Waals surface area contributed by atoms with E-state index in [1.165, 1.54) is 24.8 Å². The monoisotopic (exact) mass is 378 g/mol. The highest BCUT2D eigenvalue weighted by Gasteiger charge is 2.19. The smallest absolute Gasteiger partial charge is 0.240 e. The maximum absolute atomic E-state index is 12.5. The molecule has 3 rings (SSSR count). The maximum atomic E-state index is 12.5. The second kappa shape index (κ2) is 10.1. The van der Waals surface area contributed by atoms with Crippen molar-refractivity contribution in [3.63, 3.8) is 0 Å². The fraction of sp³-hybridized carbons (Fsp3) is 0.417. The van der Waals surface area contributed by atoms with E-state index in [2.05, 4.69) is 10.6 Å². The van der Waals surface area contributed by atoms with Gasteiger partial charge in [-0.1, -0.05) is 79.4 Å². The molecule has 1 saturated carbocycles. The Bertz CT molecular complexity index is 765. The first kappa shape index (κ1) is 20.1. The highest BCUT2D eigenvalue weighted by Crippen LogP contribution is 2.26. The van der Waals surface area contributed by atoms with E-state index in [0.717, 1.165) is 24.0 Å². The molecule has 2 amide bonds. The zero-order valence-corrected chi connectivity index (χ0v) is 16.6. The molecule has 1 atom stereocenters. The lowest BCUT2D eigenvalue weighted by Crippen LogP contribution is -2.39. The topological polar surface area (TPSA) is 58.2 Å². The van der Waals surface area contributed by atoms with Gasteiger partial charge in [0.15, 0.2) is 0 Å². The molecule has 1 fully saturated rings. The number of aryl methyl sites for hydroxylation is 1. The number of carbonyl (C=O) groups excluding carboxylic acids is 2. The lowest BCUT2D eigenvalue weighted by molar-refractivity contribution is -0.127. The molecule has 1 aliphatic carbocycles. The second-order valence-electron chi connectivity index (χ2n) is 7.81. The van der Waals surface area contributed by atoms with Gasteiger partial charge < -0.3 is 10.6 Å². The molecular formula is C24H30N2O2. The van der Waals surface area contributed by atoms with Crippen molar-refractivity contribution < 1.29 is 9.59 Å². The summed E-state index contributed by atoms with van der Waals surface area (Å²) in [6.45, 7) is 2.06. The molecule has 0 aromatic heterocycles. The molecule has 2 aromatic carbocycles. The third-order valence-electron chi connectivity index (χ3n) is 5.49. The van der Waals surface area contributed by atoms with E-state index in [4.69, 9.17) is 0 Å². The van der Waals surface area contributed by atoms with E-state index in [0.29, 0.717) is 12.3 Å². The van der Waals surface area contributed by atoms with E-state index >= 15 is 0 Å². The lowest BCUT2D eigenvalue weighted by atomic mass is 9.87. The molecule has 28 heavy (non-hydrogen) atoms. The van der Waals surface area contributed by atoms with Gasteiger partial charge in [0.1, 0.15) is 0 Å². The number of amides is 2. The molecule has 1 aliphatic rings. The van der Waals surface area contributed by atoms with Crippen LogP contribution in [0.4, 0.5) is 0 Å². The standard InChI is InChI=1S/C24H30N2O2/c1-18-12-14-21(15-13-18)24(20-10-6-3-7-11-20)26-23(28)17-25-22(27)16-19-8-4-2-5-9-19/h3,6-7,10-15,19,24H,2,4-5,8-9,16-17H2,1H3,(H,25,27)(H,26,28). The number of hydrogen-bond acceptors (Lipinski definition) is 2. The van der Waals surface area contributed by atoms with Crippen LogP contribution in [-0.4, -0.2) is 18.4 Å². The third kappa shape index (κ3) is 5.95. The molecule has 1 unspecified atom stereocenters. The van der Waals surface area contributed by atoms with Crippen LogP contribution < -0.4 is 10.6 Å². The minimum atomic E-state index is -0.232. The number of nitrogens with one attached hydrogen (secondary N) is 2. The second-order valence-corrected chi connectivity index (χ2v) is 7.81. The molecule has 0 spiro atoms. The van der Waals surface area contributed by atoms with Crippen molar-refractivity contribution in [1.82, 2.24) is 10.6 Å². The van der Waals surface area contributed by atoms with Crippen molar-refractivity contribution in [3.8, 4) is 0 Å². The van der Waals surface area contributed by atoms with Crippen molar-refractivity contribution in [2.45, 2.75) is 51.5 Å². The molecule has 2 aromatic rings. The predicted octanol–water partition coefficient (Wildman–Crippen LogP) is 4.29. The summed E-state index contributed by atoms with van der Waals surface area (Å²) in [5.41, 5.74) is 3.23. The van der Waals surface area contributed by atoms with Gasteiger partial charge >= 0.3 is 0 Å². The Morgan fingerprint density at radius 1 is 0.893 bits per heavy atom. The molecular weight excluding hydrogens is 348 g/mol. The normalized spacial score (nSPS) is 15.6. The summed E-state index contributed by atoms with van der Waals surface area (Å²) in [7, 11) is 0. The summed E-state index contributed by atoms with van der Waals surface area (Å²) in [5.74, 6) is 0.279. The molecule has 0 aliphatic heterocycles. The quantitative estimate of drug-likeness (QED) is 0.755. The first-order chi connectivity index (χ1) is 13.6. The number of hydrogen-bond donors (Lipinski definition) is 2. The van der Waals surface area contributed by atoms with Gasteiger partial charge in [0.2, 0.25) is 11.8 Å². The Balaban J connectivity index is 1.58. The van der Waals surface area contributed by atoms with E-state index < -0.39 is 0 Å². The van der Waals surface area contributed by atoms with Crippen LogP contribution in [0.25, 0.3) is 0 Å². The minimum Gasteiger partial charge on any atom is -0.347 e. The molecule has 0 heterocycles. The summed E-state index contributed by atoms with van der Waals surface area (Å²) >= 11 is 0. The molecule has 2 N–H and O–H groups in total. The van der Waals surface area contributed by atoms with Crippen LogP contribution in [0.5, 0.6) is 0 Å². The van der Waals surface area contributed by atoms with Gasteiger partial charge in [-0.15, -0.1) is 0 Å². The van der Waals surface area contributed by atoms with Crippen LogP contribution in [0.15, 0.2) is 54.6 Å². The zero-order valence-electron chi connectivity index (χ0n) is 16.6. The minimum absolute atomic E-state index is 0.0146. The maximum Gasteiger partial charge on any atom is 0.240 e. The number of carbonyl (C=O) groups is 2. The number of benzene rings is 2. The van der Waals surface area contributed by atoms with Gasteiger partial charge in [0, 0.05) is 6.42 Å². The molecule has 0 saturated heterocycles. The van der Waals surface area contributed by atoms with Gasteiger partial charge in [-0.3, -0.25) is 9.59 Å². The van der Waals surface area contributed by atoms with Crippen molar-refractivity contribution in [1.29, 1.82) is 0 Å². The SMILES string of the molecule is Cc1ccc(C(NC(=O)CNC(=O)CC2CCCCC2)c2ccccc2)cc1. The first-order valence-corrected chi connectivity index (χ1v) is 10.3. The molecule has 4 heteroatoms. The Hall–Kier alpha value is -2.62. The summed E-state index contributed by atoms with van der Waals surface area (Å²) in [4.78, 5) is 24.7. The largest absolute Gasteiger partial charge is 0.347 e. The summed E-state index contributed by atoms with van der Waals surface area (Å²) in [6, 6.07) is 17.8. The molecule has 4 nitrogen and oxygen atoms in total. The Morgan fingerprint density at radius 3 is 2.21 bits per heavy atom. The van der Waals surface area contributed by atoms with E-state index in [-0.39, 0.29) is 24.4 Å². The van der Waals surface area contributed by atoms with Crippen molar-refractivity contribution in [2.24, 2.45) is 5.92 Å². The van der Waals surface area contributed by atoms with Gasteiger partial charge in [-0.05, 0) is 36.8 Å². The molecule has 0 radical (unpaired) electrons. The zero-order chi connectivity index (χ0) is 19.8. The highest BCUT2D eigenvalue weighted by molar-refractivity contribution is 5.85. The van der Waals surface area contributed by atoms with Crippen LogP contribution in [0.3, 0.4) is 0 Å². The van der Waals surface area contributed by atoms with Gasteiger partial charge in [0.25, 0.3) is 0 Å². The van der Waals surface area contributed by atoms with E-state index in [1.807, 2.05) is 61.5 Å². The van der Waals surface area contributed by atoms with Crippen molar-refractivity contribution in [2.75, 3.05) is 6.54 Å². The van der Waals surface area contributed by atoms with Crippen molar-refractivity contribution >= 4 is 11.8 Å². The lowest BCUT2D eigenvalue weighted by Gasteiger charge is -2.22. The Labute approximate surface area is 167 Å². The summed E-state index contributed by atoms with van der Waals surface area (Å²) in [5, 5.41) is 5.87. The fourth-order valence-electron chi connectivity index (χ4n) is 3.88. The van der Waals surface area contributed by atoms with Crippen LogP contribution in [0.1, 0.15) is 61.3 Å². The highest BCUT2D eigenvalue weighted by atomic mass is 16.2. The predicted molar refractivity (Wildman–Crippen MR) is 112 cm³/mol. The van der Waals surface area contributed by atoms with Crippen molar-refractivity contribution in [3.05, 3.63) is 71.3 Å². The molecule has 148 valence electrons. The molecule has 0 bridgehead atoms. The van der Waals surface area contributed by atoms with Crippen LogP contribution in [0, 0.1) is 12.8 Å². The first-order valence-electron chi connectivity index (χ1n) is 10.3. The van der Waals surface area contributed by atoms with Crippen LogP contribution in [0.2, 0.25) is 0 Å². The van der Waals surface area contributed by atoms with Crippen LogP contribution in [-0.2, 0) is 9.59 Å². The summed E-state index contributed by atoms with van der Waals surface area (Å²) in [6.07, 6.45) is 6.50. The average Bonchev–Trinajstić information content (AvgIpc) is 2.73. The van der Waals surface area contributed by atoms with Crippen LogP contribution >= 0.6 is 0 Å². The van der Waals surface area contributed by atoms with Gasteiger partial charge in [-0.2, -0.15) is 0 Å². The van der Waals surface area contributed by atoms with E-state index in [9.17, 15) is 9.59 Å². The summed E-state index contributed by atoms with van der Waals surface area (Å²) < 4.78 is 0.